The van der Waals surface area contributed by atoms with Crippen LogP contribution in [0.15, 0.2) is 18.2 Å². The lowest BCUT2D eigenvalue weighted by Gasteiger charge is -2.31. The average Bonchev–Trinajstić information content (AvgIpc) is 2.46. The quantitative estimate of drug-likeness (QED) is 0.804. The normalized spacial score (nSPS) is 18.4. The summed E-state index contributed by atoms with van der Waals surface area (Å²) in [7, 11) is 0. The van der Waals surface area contributed by atoms with Gasteiger partial charge in [-0.1, -0.05) is 17.2 Å². The van der Waals surface area contributed by atoms with Crippen molar-refractivity contribution in [2.24, 2.45) is 5.92 Å². The van der Waals surface area contributed by atoms with Crippen LogP contribution in [0.3, 0.4) is 0 Å². The van der Waals surface area contributed by atoms with Gasteiger partial charge in [0.15, 0.2) is 0 Å². The number of aryl methyl sites for hydroxylation is 2. The van der Waals surface area contributed by atoms with E-state index in [4.69, 9.17) is 4.74 Å². The first kappa shape index (κ1) is 15.5. The molecule has 0 N–H and O–H groups in total. The zero-order valence-corrected chi connectivity index (χ0v) is 13.0. The third kappa shape index (κ3) is 3.84. The Morgan fingerprint density at radius 2 is 1.90 bits per heavy atom. The number of esters is 1. The Hall–Kier alpha value is -1.84. The molecule has 1 aliphatic heterocycles. The summed E-state index contributed by atoms with van der Waals surface area (Å²) in [5.41, 5.74) is 2.87. The molecule has 0 radical (unpaired) electrons. The Morgan fingerprint density at radius 3 is 2.52 bits per heavy atom. The van der Waals surface area contributed by atoms with Crippen LogP contribution in [0.25, 0.3) is 0 Å². The fourth-order valence-corrected chi connectivity index (χ4v) is 2.89. The van der Waals surface area contributed by atoms with E-state index < -0.39 is 0 Å². The minimum absolute atomic E-state index is 0.01000. The van der Waals surface area contributed by atoms with Crippen molar-refractivity contribution in [3.63, 3.8) is 0 Å². The molecule has 114 valence electrons. The van der Waals surface area contributed by atoms with Crippen molar-refractivity contribution in [1.29, 1.82) is 0 Å². The van der Waals surface area contributed by atoms with Gasteiger partial charge in [-0.15, -0.1) is 0 Å². The second-order valence-corrected chi connectivity index (χ2v) is 5.72. The van der Waals surface area contributed by atoms with E-state index in [9.17, 15) is 9.59 Å². The van der Waals surface area contributed by atoms with Crippen molar-refractivity contribution < 1.29 is 14.3 Å². The van der Waals surface area contributed by atoms with E-state index in [2.05, 4.69) is 6.07 Å². The minimum atomic E-state index is -0.187. The predicted octanol–water partition coefficient (Wildman–Crippen LogP) is 2.72. The van der Waals surface area contributed by atoms with Crippen LogP contribution in [0.5, 0.6) is 0 Å². The Bertz CT molecular complexity index is 519. The number of carbonyl (C=O) groups is 2. The highest BCUT2D eigenvalue weighted by Gasteiger charge is 2.29. The van der Waals surface area contributed by atoms with Gasteiger partial charge in [-0.3, -0.25) is 9.59 Å². The lowest BCUT2D eigenvalue weighted by atomic mass is 9.97. The summed E-state index contributed by atoms with van der Waals surface area (Å²) in [6, 6.07) is 5.86. The fraction of sp³-hybridized carbons (Fsp3) is 0.529. The summed E-state index contributed by atoms with van der Waals surface area (Å²) < 4.78 is 5.08. The van der Waals surface area contributed by atoms with Crippen molar-refractivity contribution in [2.45, 2.75) is 33.6 Å². The number of ether oxygens (including phenoxy) is 1. The van der Waals surface area contributed by atoms with Crippen LogP contribution >= 0.6 is 0 Å². The van der Waals surface area contributed by atoms with Crippen molar-refractivity contribution in [1.82, 2.24) is 4.90 Å². The molecule has 1 aromatic rings. The number of carbonyl (C=O) groups excluding carboxylic acids is 2. The SMILES string of the molecule is CCOC(=O)[C@@H]1CCCN(C(=O)c2cc(C)cc(C)c2)C1. The molecule has 1 atom stereocenters. The molecule has 1 saturated heterocycles. The fourth-order valence-electron chi connectivity index (χ4n) is 2.89. The number of rotatable bonds is 3. The average molecular weight is 289 g/mol. The molecular weight excluding hydrogens is 266 g/mol. The Morgan fingerprint density at radius 1 is 1.24 bits per heavy atom. The molecule has 1 aliphatic rings. The van der Waals surface area contributed by atoms with E-state index in [1.54, 1.807) is 11.8 Å². The molecule has 0 unspecified atom stereocenters. The number of piperidine rings is 1. The monoisotopic (exact) mass is 289 g/mol. The lowest BCUT2D eigenvalue weighted by Crippen LogP contribution is -2.42. The highest BCUT2D eigenvalue weighted by atomic mass is 16.5. The van der Waals surface area contributed by atoms with Gasteiger partial charge in [0.1, 0.15) is 0 Å². The molecule has 1 amide bonds. The first-order valence-electron chi connectivity index (χ1n) is 7.55. The summed E-state index contributed by atoms with van der Waals surface area (Å²) >= 11 is 0. The Kier molecular flexibility index (Phi) is 4.99. The summed E-state index contributed by atoms with van der Waals surface area (Å²) in [6.45, 7) is 7.34. The molecule has 0 aliphatic carbocycles. The van der Waals surface area contributed by atoms with E-state index in [1.807, 2.05) is 26.0 Å². The van der Waals surface area contributed by atoms with Crippen molar-refractivity contribution >= 4 is 11.9 Å². The van der Waals surface area contributed by atoms with Crippen LogP contribution in [-0.4, -0.2) is 36.5 Å². The maximum atomic E-state index is 12.6. The molecular formula is C17H23NO3. The molecule has 1 fully saturated rings. The topological polar surface area (TPSA) is 46.6 Å². The van der Waals surface area contributed by atoms with Crippen LogP contribution in [0.1, 0.15) is 41.3 Å². The van der Waals surface area contributed by atoms with Gasteiger partial charge in [0, 0.05) is 18.7 Å². The van der Waals surface area contributed by atoms with Crippen LogP contribution in [-0.2, 0) is 9.53 Å². The van der Waals surface area contributed by atoms with E-state index in [0.29, 0.717) is 25.3 Å². The van der Waals surface area contributed by atoms with Crippen molar-refractivity contribution in [3.05, 3.63) is 34.9 Å². The molecule has 0 saturated carbocycles. The maximum Gasteiger partial charge on any atom is 0.310 e. The smallest absolute Gasteiger partial charge is 0.310 e. The van der Waals surface area contributed by atoms with Gasteiger partial charge in [0.25, 0.3) is 5.91 Å². The highest BCUT2D eigenvalue weighted by Crippen LogP contribution is 2.20. The summed E-state index contributed by atoms with van der Waals surface area (Å²) in [5.74, 6) is -0.361. The number of likely N-dealkylation sites (tertiary alicyclic amines) is 1. The summed E-state index contributed by atoms with van der Waals surface area (Å²) in [4.78, 5) is 26.2. The Labute approximate surface area is 126 Å². The van der Waals surface area contributed by atoms with E-state index in [0.717, 1.165) is 24.0 Å². The van der Waals surface area contributed by atoms with E-state index in [1.165, 1.54) is 0 Å². The highest BCUT2D eigenvalue weighted by molar-refractivity contribution is 5.95. The molecule has 4 nitrogen and oxygen atoms in total. The summed E-state index contributed by atoms with van der Waals surface area (Å²) in [5, 5.41) is 0. The zero-order valence-electron chi connectivity index (χ0n) is 13.0. The number of amides is 1. The molecule has 0 bridgehead atoms. The van der Waals surface area contributed by atoms with Crippen LogP contribution < -0.4 is 0 Å². The van der Waals surface area contributed by atoms with Gasteiger partial charge in [-0.25, -0.2) is 0 Å². The largest absolute Gasteiger partial charge is 0.466 e. The first-order chi connectivity index (χ1) is 10.0. The van der Waals surface area contributed by atoms with Gasteiger partial charge >= 0.3 is 5.97 Å². The molecule has 4 heteroatoms. The standard InChI is InChI=1S/C17H23NO3/c1-4-21-17(20)14-6-5-7-18(11-14)16(19)15-9-12(2)8-13(3)10-15/h8-10,14H,4-7,11H2,1-3H3/t14-/m1/s1. The molecule has 0 aromatic heterocycles. The van der Waals surface area contributed by atoms with Crippen molar-refractivity contribution in [2.75, 3.05) is 19.7 Å². The Balaban J connectivity index is 2.10. The van der Waals surface area contributed by atoms with Gasteiger partial charge in [0.05, 0.1) is 12.5 Å². The van der Waals surface area contributed by atoms with Crippen LogP contribution in [0.2, 0.25) is 0 Å². The second-order valence-electron chi connectivity index (χ2n) is 5.72. The van der Waals surface area contributed by atoms with Crippen LogP contribution in [0, 0.1) is 19.8 Å². The molecule has 21 heavy (non-hydrogen) atoms. The number of nitrogens with zero attached hydrogens (tertiary/aromatic N) is 1. The molecule has 1 heterocycles. The molecule has 1 aromatic carbocycles. The van der Waals surface area contributed by atoms with Gasteiger partial charge in [-0.2, -0.15) is 0 Å². The number of hydrogen-bond donors (Lipinski definition) is 0. The zero-order chi connectivity index (χ0) is 15.4. The van der Waals surface area contributed by atoms with Gasteiger partial charge in [0.2, 0.25) is 0 Å². The van der Waals surface area contributed by atoms with Crippen molar-refractivity contribution in [3.8, 4) is 0 Å². The second kappa shape index (κ2) is 6.74. The number of hydrogen-bond acceptors (Lipinski definition) is 3. The number of benzene rings is 1. The van der Waals surface area contributed by atoms with Crippen LogP contribution in [0.4, 0.5) is 0 Å². The predicted molar refractivity (Wildman–Crippen MR) is 81.2 cm³/mol. The third-order valence-electron chi connectivity index (χ3n) is 3.80. The van der Waals surface area contributed by atoms with Gasteiger partial charge < -0.3 is 9.64 Å². The van der Waals surface area contributed by atoms with Gasteiger partial charge in [-0.05, 0) is 45.7 Å². The minimum Gasteiger partial charge on any atom is -0.466 e. The van der Waals surface area contributed by atoms with E-state index in [-0.39, 0.29) is 17.8 Å². The molecule has 2 rings (SSSR count). The first-order valence-corrected chi connectivity index (χ1v) is 7.55. The maximum absolute atomic E-state index is 12.6. The van der Waals surface area contributed by atoms with E-state index >= 15 is 0 Å². The lowest BCUT2D eigenvalue weighted by molar-refractivity contribution is -0.149. The third-order valence-corrected chi connectivity index (χ3v) is 3.80. The summed E-state index contributed by atoms with van der Waals surface area (Å²) in [6.07, 6.45) is 1.65. The molecule has 0 spiro atoms.